The van der Waals surface area contributed by atoms with Crippen LogP contribution in [0.2, 0.25) is 0 Å². The van der Waals surface area contributed by atoms with Gasteiger partial charge in [-0.15, -0.1) is 0 Å². The van der Waals surface area contributed by atoms with E-state index in [9.17, 15) is 18.4 Å². The fourth-order valence-corrected chi connectivity index (χ4v) is 3.80. The highest BCUT2D eigenvalue weighted by atomic mass is 19.1. The summed E-state index contributed by atoms with van der Waals surface area (Å²) in [6.45, 7) is 6.65. The van der Waals surface area contributed by atoms with Crippen LogP contribution >= 0.6 is 0 Å². The van der Waals surface area contributed by atoms with Gasteiger partial charge in [-0.1, -0.05) is 20.8 Å². The minimum atomic E-state index is -0.893. The number of benzene rings is 1. The molecule has 3 heterocycles. The zero-order chi connectivity index (χ0) is 24.5. The van der Waals surface area contributed by atoms with Crippen LogP contribution in [-0.4, -0.2) is 49.6 Å². The van der Waals surface area contributed by atoms with E-state index in [1.807, 2.05) is 26.8 Å². The fourth-order valence-electron chi connectivity index (χ4n) is 3.80. The Bertz CT molecular complexity index is 1200. The molecule has 0 bridgehead atoms. The van der Waals surface area contributed by atoms with E-state index in [-0.39, 0.29) is 22.8 Å². The molecule has 178 valence electrons. The minimum absolute atomic E-state index is 0.175. The molecule has 0 unspecified atom stereocenters. The molecule has 0 spiro atoms. The Hall–Kier alpha value is -3.69. The van der Waals surface area contributed by atoms with Crippen LogP contribution in [-0.2, 0) is 10.2 Å². The Balaban J connectivity index is 1.45. The monoisotopic (exact) mass is 468 g/mol. The maximum absolute atomic E-state index is 14.0. The maximum atomic E-state index is 14.0. The van der Waals surface area contributed by atoms with E-state index >= 15 is 0 Å². The number of halogens is 2. The fraction of sp³-hybridized carbons (Fsp3) is 0.375. The molecule has 2 amide bonds. The molecule has 1 N–H and O–H groups in total. The number of anilines is 1. The first-order valence-electron chi connectivity index (χ1n) is 11.1. The van der Waals surface area contributed by atoms with Crippen molar-refractivity contribution in [2.75, 3.05) is 18.4 Å². The van der Waals surface area contributed by atoms with Gasteiger partial charge in [-0.25, -0.2) is 18.7 Å². The Morgan fingerprint density at radius 1 is 1.06 bits per heavy atom. The van der Waals surface area contributed by atoms with Crippen LogP contribution in [0.1, 0.15) is 49.7 Å². The van der Waals surface area contributed by atoms with Crippen LogP contribution in [0.25, 0.3) is 5.95 Å². The molecule has 10 heteroatoms. The molecule has 0 radical (unpaired) electrons. The molecule has 4 rings (SSSR count). The average Bonchev–Trinajstić information content (AvgIpc) is 3.24. The van der Waals surface area contributed by atoms with Gasteiger partial charge in [0.2, 0.25) is 5.91 Å². The van der Waals surface area contributed by atoms with E-state index < -0.39 is 17.5 Å². The normalized spacial score (nSPS) is 14.8. The van der Waals surface area contributed by atoms with Crippen LogP contribution in [0.5, 0.6) is 0 Å². The number of amides is 2. The lowest BCUT2D eigenvalue weighted by Crippen LogP contribution is -2.41. The highest BCUT2D eigenvalue weighted by Crippen LogP contribution is 2.27. The second-order valence-electron chi connectivity index (χ2n) is 9.31. The first kappa shape index (κ1) is 23.5. The topological polar surface area (TPSA) is 93.0 Å². The highest BCUT2D eigenvalue weighted by molar-refractivity contribution is 5.95. The summed E-state index contributed by atoms with van der Waals surface area (Å²) < 4.78 is 28.7. The first-order valence-corrected chi connectivity index (χ1v) is 11.1. The van der Waals surface area contributed by atoms with Crippen molar-refractivity contribution in [2.24, 2.45) is 5.92 Å². The number of hydrogen-bond donors (Lipinski definition) is 1. The van der Waals surface area contributed by atoms with E-state index in [0.717, 1.165) is 17.8 Å². The molecule has 34 heavy (non-hydrogen) atoms. The van der Waals surface area contributed by atoms with E-state index in [1.165, 1.54) is 9.58 Å². The van der Waals surface area contributed by atoms with Crippen LogP contribution in [0.4, 0.5) is 14.6 Å². The number of nitrogens with zero attached hydrogens (tertiary/aromatic N) is 5. The van der Waals surface area contributed by atoms with E-state index in [2.05, 4.69) is 20.4 Å². The molecule has 1 aliphatic heterocycles. The van der Waals surface area contributed by atoms with Gasteiger partial charge in [-0.05, 0) is 31.0 Å². The summed E-state index contributed by atoms with van der Waals surface area (Å²) in [5, 5.41) is 7.53. The van der Waals surface area contributed by atoms with Crippen LogP contribution < -0.4 is 5.32 Å². The summed E-state index contributed by atoms with van der Waals surface area (Å²) in [4.78, 5) is 35.6. The van der Waals surface area contributed by atoms with Crippen molar-refractivity contribution in [3.05, 3.63) is 65.6 Å². The third-order valence-corrected chi connectivity index (χ3v) is 5.79. The Labute approximate surface area is 196 Å². The van der Waals surface area contributed by atoms with Crippen LogP contribution in [0.3, 0.4) is 0 Å². The maximum Gasteiger partial charge on any atom is 0.256 e. The lowest BCUT2D eigenvalue weighted by molar-refractivity contribution is -0.121. The van der Waals surface area contributed by atoms with Gasteiger partial charge in [0.1, 0.15) is 17.5 Å². The van der Waals surface area contributed by atoms with Crippen LogP contribution in [0, 0.1) is 17.6 Å². The van der Waals surface area contributed by atoms with Gasteiger partial charge >= 0.3 is 0 Å². The number of carbonyl (C=O) groups is 2. The molecule has 1 aromatic carbocycles. The van der Waals surface area contributed by atoms with Crippen molar-refractivity contribution in [3.8, 4) is 5.95 Å². The lowest BCUT2D eigenvalue weighted by Gasteiger charge is -2.31. The Morgan fingerprint density at radius 3 is 2.35 bits per heavy atom. The van der Waals surface area contributed by atoms with Gasteiger partial charge in [-0.2, -0.15) is 9.78 Å². The van der Waals surface area contributed by atoms with Crippen molar-refractivity contribution >= 4 is 17.6 Å². The Morgan fingerprint density at radius 2 is 1.74 bits per heavy atom. The average molecular weight is 469 g/mol. The van der Waals surface area contributed by atoms with E-state index in [1.54, 1.807) is 18.5 Å². The van der Waals surface area contributed by atoms with Crippen molar-refractivity contribution in [2.45, 2.75) is 39.0 Å². The minimum Gasteiger partial charge on any atom is -0.339 e. The second kappa shape index (κ2) is 9.28. The van der Waals surface area contributed by atoms with Crippen molar-refractivity contribution in [3.63, 3.8) is 0 Å². The summed E-state index contributed by atoms with van der Waals surface area (Å²) in [5.74, 6) is -1.86. The van der Waals surface area contributed by atoms with Crippen molar-refractivity contribution < 1.29 is 18.4 Å². The number of nitrogens with one attached hydrogen (secondary N) is 1. The van der Waals surface area contributed by atoms with Gasteiger partial charge in [-0.3, -0.25) is 9.59 Å². The van der Waals surface area contributed by atoms with Gasteiger partial charge in [0, 0.05) is 48.9 Å². The summed E-state index contributed by atoms with van der Waals surface area (Å²) in [6.07, 6.45) is 4.04. The van der Waals surface area contributed by atoms with Gasteiger partial charge < -0.3 is 10.2 Å². The zero-order valence-electron chi connectivity index (χ0n) is 19.3. The number of aromatic nitrogens is 4. The summed E-state index contributed by atoms with van der Waals surface area (Å²) >= 11 is 0. The smallest absolute Gasteiger partial charge is 0.256 e. The van der Waals surface area contributed by atoms with Gasteiger partial charge in [0.15, 0.2) is 0 Å². The summed E-state index contributed by atoms with van der Waals surface area (Å²) in [7, 11) is 0. The van der Waals surface area contributed by atoms with Crippen molar-refractivity contribution in [1.82, 2.24) is 24.6 Å². The summed E-state index contributed by atoms with van der Waals surface area (Å²) in [5.41, 5.74) is 0.351. The predicted octanol–water partition coefficient (Wildman–Crippen LogP) is 3.73. The molecule has 1 saturated heterocycles. The molecule has 1 fully saturated rings. The zero-order valence-corrected chi connectivity index (χ0v) is 19.3. The third kappa shape index (κ3) is 4.95. The molecule has 1 aliphatic rings. The second-order valence-corrected chi connectivity index (χ2v) is 9.31. The van der Waals surface area contributed by atoms with E-state index in [0.29, 0.717) is 43.8 Å². The predicted molar refractivity (Wildman–Crippen MR) is 121 cm³/mol. The van der Waals surface area contributed by atoms with Gasteiger partial charge in [0.25, 0.3) is 11.9 Å². The molecular formula is C24H26F2N6O2. The number of rotatable bonds is 4. The number of carbonyl (C=O) groups excluding carboxylic acids is 2. The SMILES string of the molecule is CC(C)(C)c1cc(NC(=O)C2CCN(C(=O)c3ccc(F)cc3F)CC2)n(-c2ncccn2)n1. The Kier molecular flexibility index (Phi) is 6.41. The largest absolute Gasteiger partial charge is 0.339 e. The molecule has 0 atom stereocenters. The molecule has 0 aliphatic carbocycles. The molecule has 3 aromatic rings. The number of piperidine rings is 1. The molecular weight excluding hydrogens is 442 g/mol. The van der Waals surface area contributed by atoms with Crippen molar-refractivity contribution in [1.29, 1.82) is 0 Å². The summed E-state index contributed by atoms with van der Waals surface area (Å²) in [6, 6.07) is 6.40. The lowest BCUT2D eigenvalue weighted by atomic mass is 9.92. The highest BCUT2D eigenvalue weighted by Gasteiger charge is 2.30. The molecule has 2 aromatic heterocycles. The quantitative estimate of drug-likeness (QED) is 0.630. The number of hydrogen-bond acceptors (Lipinski definition) is 5. The van der Waals surface area contributed by atoms with Crippen LogP contribution in [0.15, 0.2) is 42.7 Å². The third-order valence-electron chi connectivity index (χ3n) is 5.79. The van der Waals surface area contributed by atoms with E-state index in [4.69, 9.17) is 0 Å². The standard InChI is InChI=1S/C24H26F2N6O2/c1-24(2,3)19-14-20(32(30-19)23-27-9-4-10-28-23)29-21(33)15-7-11-31(12-8-15)22(34)17-6-5-16(25)13-18(17)26/h4-6,9-10,13-15H,7-8,11-12H2,1-3H3,(H,29,33). The molecule has 0 saturated carbocycles. The van der Waals surface area contributed by atoms with Gasteiger partial charge in [0.05, 0.1) is 11.3 Å². The first-order chi connectivity index (χ1) is 16.1. The number of likely N-dealkylation sites (tertiary alicyclic amines) is 1. The molecule has 8 nitrogen and oxygen atoms in total.